The number of hydrazone groups is 1. The Morgan fingerprint density at radius 2 is 1.67 bits per heavy atom. The lowest BCUT2D eigenvalue weighted by Gasteiger charge is -2.06. The highest BCUT2D eigenvalue weighted by atomic mass is 16.2. The highest BCUT2D eigenvalue weighted by molar-refractivity contribution is 5.84. The molecule has 0 aliphatic heterocycles. The van der Waals surface area contributed by atoms with Gasteiger partial charge in [-0.05, 0) is 42.7 Å². The SMILES string of the molecule is O=C(N/N=C\c1ccc(Nc2ccccc2)cc1)C1CC1. The first-order valence-corrected chi connectivity index (χ1v) is 7.06. The summed E-state index contributed by atoms with van der Waals surface area (Å²) in [5.41, 5.74) is 5.58. The van der Waals surface area contributed by atoms with Crippen molar-refractivity contribution in [1.82, 2.24) is 5.43 Å². The number of nitrogens with zero attached hydrogens (tertiary/aromatic N) is 1. The third-order valence-electron chi connectivity index (χ3n) is 3.31. The van der Waals surface area contributed by atoms with Crippen molar-refractivity contribution in [3.63, 3.8) is 0 Å². The molecule has 106 valence electrons. The van der Waals surface area contributed by atoms with Crippen LogP contribution in [0.3, 0.4) is 0 Å². The number of hydrogen-bond acceptors (Lipinski definition) is 3. The third-order valence-corrected chi connectivity index (χ3v) is 3.31. The molecule has 0 heterocycles. The maximum absolute atomic E-state index is 11.4. The van der Waals surface area contributed by atoms with Gasteiger partial charge in [0.05, 0.1) is 6.21 Å². The van der Waals surface area contributed by atoms with Crippen molar-refractivity contribution in [3.8, 4) is 0 Å². The number of carbonyl (C=O) groups excluding carboxylic acids is 1. The predicted octanol–water partition coefficient (Wildman–Crippen LogP) is 3.29. The zero-order valence-electron chi connectivity index (χ0n) is 11.6. The van der Waals surface area contributed by atoms with Crippen LogP contribution in [0.15, 0.2) is 59.7 Å². The van der Waals surface area contributed by atoms with E-state index in [2.05, 4.69) is 15.8 Å². The number of para-hydroxylation sites is 1. The molecule has 0 unspecified atom stereocenters. The van der Waals surface area contributed by atoms with Gasteiger partial charge in [-0.1, -0.05) is 30.3 Å². The largest absolute Gasteiger partial charge is 0.356 e. The molecule has 1 amide bonds. The summed E-state index contributed by atoms with van der Waals surface area (Å²) in [6.07, 6.45) is 3.63. The number of anilines is 2. The summed E-state index contributed by atoms with van der Waals surface area (Å²) in [7, 11) is 0. The van der Waals surface area contributed by atoms with Crippen molar-refractivity contribution in [3.05, 3.63) is 60.2 Å². The maximum atomic E-state index is 11.4. The number of amides is 1. The molecule has 0 saturated heterocycles. The van der Waals surface area contributed by atoms with Crippen molar-refractivity contribution in [2.45, 2.75) is 12.8 Å². The standard InChI is InChI=1S/C17H17N3O/c21-17(14-8-9-14)20-18-12-13-6-10-16(11-7-13)19-15-4-2-1-3-5-15/h1-7,10-12,14,19H,8-9H2,(H,20,21)/b18-12-. The van der Waals surface area contributed by atoms with E-state index in [0.29, 0.717) is 0 Å². The molecule has 0 bridgehead atoms. The van der Waals surface area contributed by atoms with Crippen LogP contribution in [-0.2, 0) is 4.79 Å². The van der Waals surface area contributed by atoms with Gasteiger partial charge in [0.25, 0.3) is 0 Å². The molecule has 0 aromatic heterocycles. The first-order chi connectivity index (χ1) is 10.3. The minimum atomic E-state index is 0.0219. The first kappa shape index (κ1) is 13.4. The van der Waals surface area contributed by atoms with E-state index in [9.17, 15) is 4.79 Å². The van der Waals surface area contributed by atoms with E-state index >= 15 is 0 Å². The Morgan fingerprint density at radius 1 is 1.00 bits per heavy atom. The summed E-state index contributed by atoms with van der Waals surface area (Å²) in [4.78, 5) is 11.4. The van der Waals surface area contributed by atoms with Crippen LogP contribution in [0, 0.1) is 5.92 Å². The van der Waals surface area contributed by atoms with Gasteiger partial charge in [-0.15, -0.1) is 0 Å². The van der Waals surface area contributed by atoms with Gasteiger partial charge in [-0.25, -0.2) is 5.43 Å². The van der Waals surface area contributed by atoms with Crippen LogP contribution in [0.4, 0.5) is 11.4 Å². The smallest absolute Gasteiger partial charge is 0.243 e. The van der Waals surface area contributed by atoms with Crippen LogP contribution in [0.5, 0.6) is 0 Å². The zero-order valence-corrected chi connectivity index (χ0v) is 11.6. The topological polar surface area (TPSA) is 53.5 Å². The second kappa shape index (κ2) is 6.22. The van der Waals surface area contributed by atoms with Gasteiger partial charge < -0.3 is 5.32 Å². The van der Waals surface area contributed by atoms with Gasteiger partial charge in [0.1, 0.15) is 0 Å². The first-order valence-electron chi connectivity index (χ1n) is 7.06. The Bertz CT molecular complexity index is 631. The van der Waals surface area contributed by atoms with E-state index in [4.69, 9.17) is 0 Å². The Balaban J connectivity index is 1.56. The molecule has 4 nitrogen and oxygen atoms in total. The molecular weight excluding hydrogens is 262 g/mol. The van der Waals surface area contributed by atoms with Crippen molar-refractivity contribution >= 4 is 23.5 Å². The second-order valence-electron chi connectivity index (χ2n) is 5.12. The van der Waals surface area contributed by atoms with Crippen LogP contribution in [0.25, 0.3) is 0 Å². The number of rotatable bonds is 5. The molecule has 0 spiro atoms. The van der Waals surface area contributed by atoms with Crippen molar-refractivity contribution in [1.29, 1.82) is 0 Å². The van der Waals surface area contributed by atoms with Crippen molar-refractivity contribution < 1.29 is 4.79 Å². The molecule has 2 N–H and O–H groups in total. The molecule has 0 atom stereocenters. The average Bonchev–Trinajstić information content (AvgIpc) is 3.35. The minimum Gasteiger partial charge on any atom is -0.356 e. The molecule has 3 rings (SSSR count). The predicted molar refractivity (Wildman–Crippen MR) is 84.6 cm³/mol. The normalized spacial score (nSPS) is 14.1. The monoisotopic (exact) mass is 279 g/mol. The van der Waals surface area contributed by atoms with E-state index in [0.717, 1.165) is 29.8 Å². The molecular formula is C17H17N3O. The number of carbonyl (C=O) groups is 1. The maximum Gasteiger partial charge on any atom is 0.243 e. The van der Waals surface area contributed by atoms with Crippen LogP contribution in [0.1, 0.15) is 18.4 Å². The molecule has 1 saturated carbocycles. The van der Waals surface area contributed by atoms with Crippen molar-refractivity contribution in [2.75, 3.05) is 5.32 Å². The summed E-state index contributed by atoms with van der Waals surface area (Å²) in [5.74, 6) is 0.202. The van der Waals surface area contributed by atoms with Crippen LogP contribution >= 0.6 is 0 Å². The lowest BCUT2D eigenvalue weighted by atomic mass is 10.2. The Morgan fingerprint density at radius 3 is 2.33 bits per heavy atom. The van der Waals surface area contributed by atoms with Gasteiger partial charge >= 0.3 is 0 Å². The lowest BCUT2D eigenvalue weighted by Crippen LogP contribution is -2.18. The fourth-order valence-corrected chi connectivity index (χ4v) is 1.95. The molecule has 0 radical (unpaired) electrons. The number of hydrogen-bond donors (Lipinski definition) is 2. The van der Waals surface area contributed by atoms with Gasteiger partial charge in [-0.3, -0.25) is 4.79 Å². The Kier molecular flexibility index (Phi) is 3.96. The third kappa shape index (κ3) is 3.92. The molecule has 21 heavy (non-hydrogen) atoms. The van der Waals surface area contributed by atoms with Gasteiger partial charge in [0.15, 0.2) is 0 Å². The Hall–Kier alpha value is -2.62. The summed E-state index contributed by atoms with van der Waals surface area (Å²) >= 11 is 0. The van der Waals surface area contributed by atoms with Gasteiger partial charge in [-0.2, -0.15) is 5.10 Å². The molecule has 2 aromatic carbocycles. The highest BCUT2D eigenvalue weighted by Gasteiger charge is 2.29. The second-order valence-corrected chi connectivity index (χ2v) is 5.12. The van der Waals surface area contributed by atoms with E-state index < -0.39 is 0 Å². The fraction of sp³-hybridized carbons (Fsp3) is 0.176. The van der Waals surface area contributed by atoms with E-state index in [1.807, 2.05) is 54.6 Å². The van der Waals surface area contributed by atoms with E-state index in [-0.39, 0.29) is 11.8 Å². The number of benzene rings is 2. The molecule has 1 fully saturated rings. The van der Waals surface area contributed by atoms with Crippen molar-refractivity contribution in [2.24, 2.45) is 11.0 Å². The fourth-order valence-electron chi connectivity index (χ4n) is 1.95. The van der Waals surface area contributed by atoms with Crippen LogP contribution in [0.2, 0.25) is 0 Å². The van der Waals surface area contributed by atoms with E-state index in [1.165, 1.54) is 0 Å². The summed E-state index contributed by atoms with van der Waals surface area (Å²) in [6, 6.07) is 17.9. The average molecular weight is 279 g/mol. The zero-order chi connectivity index (χ0) is 14.5. The lowest BCUT2D eigenvalue weighted by molar-refractivity contribution is -0.122. The summed E-state index contributed by atoms with van der Waals surface area (Å²) in [6.45, 7) is 0. The minimum absolute atomic E-state index is 0.0219. The Labute approximate surface area is 123 Å². The quantitative estimate of drug-likeness (QED) is 0.652. The van der Waals surface area contributed by atoms with Crippen LogP contribution < -0.4 is 10.7 Å². The van der Waals surface area contributed by atoms with Gasteiger partial charge in [0.2, 0.25) is 5.91 Å². The van der Waals surface area contributed by atoms with Gasteiger partial charge in [0, 0.05) is 17.3 Å². The number of nitrogens with one attached hydrogen (secondary N) is 2. The summed E-state index contributed by atoms with van der Waals surface area (Å²) in [5, 5.41) is 7.29. The highest BCUT2D eigenvalue weighted by Crippen LogP contribution is 2.28. The molecule has 1 aliphatic carbocycles. The molecule has 4 heteroatoms. The molecule has 2 aromatic rings. The summed E-state index contributed by atoms with van der Waals surface area (Å²) < 4.78 is 0. The molecule has 1 aliphatic rings. The van der Waals surface area contributed by atoms with E-state index in [1.54, 1.807) is 6.21 Å². The van der Waals surface area contributed by atoms with Crippen LogP contribution in [-0.4, -0.2) is 12.1 Å².